The van der Waals surface area contributed by atoms with Crippen LogP contribution in [0.3, 0.4) is 0 Å². The van der Waals surface area contributed by atoms with Crippen molar-refractivity contribution in [2.75, 3.05) is 14.2 Å². The van der Waals surface area contributed by atoms with Gasteiger partial charge in [0.15, 0.2) is 0 Å². The summed E-state index contributed by atoms with van der Waals surface area (Å²) in [4.78, 5) is 24.3. The van der Waals surface area contributed by atoms with Crippen LogP contribution in [0.1, 0.15) is 25.3 Å². The number of nitrogens with one attached hydrogen (secondary N) is 1. The van der Waals surface area contributed by atoms with Crippen LogP contribution in [0, 0.1) is 0 Å². The Balaban J connectivity index is 2.59. The Bertz CT molecular complexity index is 490. The molecule has 6 heteroatoms. The Kier molecular flexibility index (Phi) is 6.52. The van der Waals surface area contributed by atoms with Crippen molar-refractivity contribution in [3.63, 3.8) is 0 Å². The van der Waals surface area contributed by atoms with E-state index in [1.807, 2.05) is 31.2 Å². The molecule has 0 aliphatic carbocycles. The molecular weight excluding hydrogens is 272 g/mol. The van der Waals surface area contributed by atoms with Gasteiger partial charge in [0, 0.05) is 19.6 Å². The van der Waals surface area contributed by atoms with E-state index in [0.29, 0.717) is 13.0 Å². The first-order valence-electron chi connectivity index (χ1n) is 6.82. The van der Waals surface area contributed by atoms with Crippen molar-refractivity contribution in [1.29, 1.82) is 0 Å². The van der Waals surface area contributed by atoms with Crippen molar-refractivity contribution >= 4 is 12.0 Å². The van der Waals surface area contributed by atoms with E-state index in [0.717, 1.165) is 11.3 Å². The Morgan fingerprint density at radius 1 is 1.43 bits per heavy atom. The number of methoxy groups -OCH3 is 1. The summed E-state index contributed by atoms with van der Waals surface area (Å²) in [5.41, 5.74) is 0.943. The molecule has 6 nitrogen and oxygen atoms in total. The third-order valence-electron chi connectivity index (χ3n) is 3.14. The normalized spacial score (nSPS) is 11.6. The Hall–Kier alpha value is -2.24. The molecule has 1 aromatic rings. The molecule has 0 spiro atoms. The maximum absolute atomic E-state index is 12.0. The molecule has 0 fully saturated rings. The predicted octanol–water partition coefficient (Wildman–Crippen LogP) is 2.09. The molecule has 1 rings (SSSR count). The fraction of sp³-hybridized carbons (Fsp3) is 0.467. The SMILES string of the molecule is CCC(CC(=O)O)NC(=O)N(C)Cc1cccc(OC)c1. The lowest BCUT2D eigenvalue weighted by atomic mass is 10.1. The second-order valence-corrected chi connectivity index (χ2v) is 4.86. The van der Waals surface area contributed by atoms with Crippen LogP contribution in [0.15, 0.2) is 24.3 Å². The monoisotopic (exact) mass is 294 g/mol. The number of carboxylic acid groups (broad SMARTS) is 1. The maximum Gasteiger partial charge on any atom is 0.317 e. The summed E-state index contributed by atoms with van der Waals surface area (Å²) in [6.45, 7) is 2.27. The van der Waals surface area contributed by atoms with E-state index in [2.05, 4.69) is 5.32 Å². The minimum atomic E-state index is -0.919. The molecule has 0 aliphatic heterocycles. The number of aliphatic carboxylic acids is 1. The smallest absolute Gasteiger partial charge is 0.317 e. The lowest BCUT2D eigenvalue weighted by Crippen LogP contribution is -2.43. The summed E-state index contributed by atoms with van der Waals surface area (Å²) in [5, 5.41) is 11.5. The molecule has 0 saturated carbocycles. The number of rotatable bonds is 7. The number of urea groups is 1. The molecule has 21 heavy (non-hydrogen) atoms. The van der Waals surface area contributed by atoms with E-state index in [1.165, 1.54) is 4.90 Å². The minimum Gasteiger partial charge on any atom is -0.497 e. The molecule has 116 valence electrons. The average molecular weight is 294 g/mol. The van der Waals surface area contributed by atoms with Gasteiger partial charge in [0.1, 0.15) is 5.75 Å². The van der Waals surface area contributed by atoms with Crippen molar-refractivity contribution in [2.24, 2.45) is 0 Å². The zero-order valence-electron chi connectivity index (χ0n) is 12.6. The largest absolute Gasteiger partial charge is 0.497 e. The molecule has 1 atom stereocenters. The van der Waals surface area contributed by atoms with Gasteiger partial charge in [-0.2, -0.15) is 0 Å². The van der Waals surface area contributed by atoms with Gasteiger partial charge >= 0.3 is 12.0 Å². The van der Waals surface area contributed by atoms with Crippen LogP contribution in [0.5, 0.6) is 5.75 Å². The molecule has 0 aliphatic rings. The van der Waals surface area contributed by atoms with Gasteiger partial charge in [-0.1, -0.05) is 19.1 Å². The number of carboxylic acids is 1. The molecule has 0 radical (unpaired) electrons. The van der Waals surface area contributed by atoms with Crippen molar-refractivity contribution in [1.82, 2.24) is 10.2 Å². The van der Waals surface area contributed by atoms with Gasteiger partial charge in [0.25, 0.3) is 0 Å². The van der Waals surface area contributed by atoms with E-state index < -0.39 is 5.97 Å². The van der Waals surface area contributed by atoms with E-state index in [1.54, 1.807) is 14.2 Å². The van der Waals surface area contributed by atoms with Crippen molar-refractivity contribution in [3.05, 3.63) is 29.8 Å². The highest BCUT2D eigenvalue weighted by Gasteiger charge is 2.16. The quantitative estimate of drug-likeness (QED) is 0.807. The number of hydrogen-bond donors (Lipinski definition) is 2. The van der Waals surface area contributed by atoms with E-state index in [4.69, 9.17) is 9.84 Å². The van der Waals surface area contributed by atoms with Crippen molar-refractivity contribution in [3.8, 4) is 5.75 Å². The summed E-state index contributed by atoms with van der Waals surface area (Å²) in [6, 6.07) is 6.82. The van der Waals surface area contributed by atoms with E-state index >= 15 is 0 Å². The van der Waals surface area contributed by atoms with Gasteiger partial charge in [0.2, 0.25) is 0 Å². The fourth-order valence-corrected chi connectivity index (χ4v) is 1.91. The van der Waals surface area contributed by atoms with Crippen LogP contribution < -0.4 is 10.1 Å². The molecule has 0 heterocycles. The summed E-state index contributed by atoms with van der Waals surface area (Å²) >= 11 is 0. The summed E-state index contributed by atoms with van der Waals surface area (Å²) in [5.74, 6) is -0.184. The van der Waals surface area contributed by atoms with Crippen LogP contribution in [-0.4, -0.2) is 42.2 Å². The zero-order chi connectivity index (χ0) is 15.8. The topological polar surface area (TPSA) is 78.9 Å². The lowest BCUT2D eigenvalue weighted by Gasteiger charge is -2.22. The highest BCUT2D eigenvalue weighted by molar-refractivity contribution is 5.75. The number of amides is 2. The highest BCUT2D eigenvalue weighted by atomic mass is 16.5. The van der Waals surface area contributed by atoms with Gasteiger partial charge in [-0.3, -0.25) is 4.79 Å². The average Bonchev–Trinajstić information content (AvgIpc) is 2.46. The van der Waals surface area contributed by atoms with E-state index in [-0.39, 0.29) is 18.5 Å². The highest BCUT2D eigenvalue weighted by Crippen LogP contribution is 2.14. The van der Waals surface area contributed by atoms with Gasteiger partial charge in [-0.15, -0.1) is 0 Å². The Morgan fingerprint density at radius 3 is 2.71 bits per heavy atom. The molecule has 0 bridgehead atoms. The standard InChI is InChI=1S/C15H22N2O4/c1-4-12(9-14(18)19)16-15(20)17(2)10-11-6-5-7-13(8-11)21-3/h5-8,12H,4,9-10H2,1-3H3,(H,16,20)(H,18,19). The van der Waals surface area contributed by atoms with Gasteiger partial charge in [-0.25, -0.2) is 4.79 Å². The summed E-state index contributed by atoms with van der Waals surface area (Å²) in [6.07, 6.45) is 0.500. The summed E-state index contributed by atoms with van der Waals surface area (Å²) in [7, 11) is 3.26. The minimum absolute atomic E-state index is 0.0742. The van der Waals surface area contributed by atoms with Crippen LogP contribution in [0.2, 0.25) is 0 Å². The van der Waals surface area contributed by atoms with Crippen LogP contribution in [-0.2, 0) is 11.3 Å². The fourth-order valence-electron chi connectivity index (χ4n) is 1.91. The first kappa shape index (κ1) is 16.8. The third kappa shape index (κ3) is 5.72. The molecule has 1 unspecified atom stereocenters. The zero-order valence-corrected chi connectivity index (χ0v) is 12.6. The molecular formula is C15H22N2O4. The number of ether oxygens (including phenoxy) is 1. The lowest BCUT2D eigenvalue weighted by molar-refractivity contribution is -0.137. The number of carbonyl (C=O) groups excluding carboxylic acids is 1. The summed E-state index contributed by atoms with van der Waals surface area (Å²) < 4.78 is 5.14. The molecule has 1 aromatic carbocycles. The molecule has 0 aromatic heterocycles. The van der Waals surface area contributed by atoms with Crippen molar-refractivity contribution < 1.29 is 19.4 Å². The van der Waals surface area contributed by atoms with Crippen LogP contribution in [0.25, 0.3) is 0 Å². The molecule has 2 amide bonds. The number of benzene rings is 1. The number of hydrogen-bond acceptors (Lipinski definition) is 3. The van der Waals surface area contributed by atoms with Crippen LogP contribution >= 0.6 is 0 Å². The Morgan fingerprint density at radius 2 is 2.14 bits per heavy atom. The number of nitrogens with zero attached hydrogens (tertiary/aromatic N) is 1. The second-order valence-electron chi connectivity index (χ2n) is 4.86. The van der Waals surface area contributed by atoms with Crippen molar-refractivity contribution in [2.45, 2.75) is 32.4 Å². The number of carbonyl (C=O) groups is 2. The van der Waals surface area contributed by atoms with E-state index in [9.17, 15) is 9.59 Å². The third-order valence-corrected chi connectivity index (χ3v) is 3.14. The van der Waals surface area contributed by atoms with Gasteiger partial charge in [0.05, 0.1) is 13.5 Å². The Labute approximate surface area is 124 Å². The van der Waals surface area contributed by atoms with Gasteiger partial charge in [-0.05, 0) is 24.1 Å². The molecule has 0 saturated heterocycles. The predicted molar refractivity (Wildman–Crippen MR) is 79.3 cm³/mol. The second kappa shape index (κ2) is 8.14. The van der Waals surface area contributed by atoms with Crippen LogP contribution in [0.4, 0.5) is 4.79 Å². The first-order chi connectivity index (χ1) is 9.96. The molecule has 2 N–H and O–H groups in total. The first-order valence-corrected chi connectivity index (χ1v) is 6.82. The van der Waals surface area contributed by atoms with Gasteiger partial charge < -0.3 is 20.1 Å². The maximum atomic E-state index is 12.0.